The minimum atomic E-state index is -3.68. The largest absolute Gasteiger partial charge is 0.478 e. The summed E-state index contributed by atoms with van der Waals surface area (Å²) in [6.45, 7) is 3.50. The van der Waals surface area contributed by atoms with E-state index in [2.05, 4.69) is 9.71 Å². The molecule has 1 aromatic heterocycles. The van der Waals surface area contributed by atoms with Gasteiger partial charge in [-0.3, -0.25) is 4.72 Å². The van der Waals surface area contributed by atoms with Crippen molar-refractivity contribution in [2.75, 3.05) is 11.8 Å². The molecule has 1 aromatic rings. The van der Waals surface area contributed by atoms with Gasteiger partial charge in [0.2, 0.25) is 0 Å². The Kier molecular flexibility index (Phi) is 5.23. The molecule has 0 saturated heterocycles. The number of hydrogen-bond acceptors (Lipinski definition) is 4. The van der Waals surface area contributed by atoms with E-state index in [1.165, 1.54) is 23.5 Å². The minimum Gasteiger partial charge on any atom is -0.478 e. The van der Waals surface area contributed by atoms with Crippen LogP contribution in [0.3, 0.4) is 0 Å². The predicted molar refractivity (Wildman–Crippen MR) is 76.3 cm³/mol. The van der Waals surface area contributed by atoms with Crippen molar-refractivity contribution in [1.82, 2.24) is 9.29 Å². The van der Waals surface area contributed by atoms with Gasteiger partial charge in [0.1, 0.15) is 5.82 Å². The van der Waals surface area contributed by atoms with Gasteiger partial charge in [0.25, 0.3) is 0 Å². The fourth-order valence-corrected chi connectivity index (χ4v) is 2.32. The average molecular weight is 299 g/mol. The Morgan fingerprint density at radius 1 is 1.45 bits per heavy atom. The molecule has 110 valence electrons. The van der Waals surface area contributed by atoms with Gasteiger partial charge in [0, 0.05) is 19.2 Å². The first kappa shape index (κ1) is 16.1. The lowest BCUT2D eigenvalue weighted by molar-refractivity contribution is -0.131. The van der Waals surface area contributed by atoms with Crippen molar-refractivity contribution in [2.45, 2.75) is 19.9 Å². The molecule has 8 heteroatoms. The van der Waals surface area contributed by atoms with Crippen LogP contribution in [0.2, 0.25) is 0 Å². The van der Waals surface area contributed by atoms with Crippen LogP contribution < -0.4 is 4.72 Å². The first-order chi connectivity index (χ1) is 9.22. The van der Waals surface area contributed by atoms with Crippen LogP contribution in [0.4, 0.5) is 5.82 Å². The third kappa shape index (κ3) is 4.63. The number of carbonyl (C=O) groups is 1. The Balaban J connectivity index is 2.94. The fraction of sp³-hybridized carbons (Fsp3) is 0.333. The third-order valence-electron chi connectivity index (χ3n) is 2.51. The molecule has 2 N–H and O–H groups in total. The molecule has 0 bridgehead atoms. The maximum absolute atomic E-state index is 12.0. The number of nitrogens with zero attached hydrogens (tertiary/aromatic N) is 2. The second-order valence-electron chi connectivity index (χ2n) is 4.34. The molecule has 7 nitrogen and oxygen atoms in total. The van der Waals surface area contributed by atoms with Crippen molar-refractivity contribution in [3.63, 3.8) is 0 Å². The zero-order chi connectivity index (χ0) is 15.3. The van der Waals surface area contributed by atoms with Crippen molar-refractivity contribution < 1.29 is 18.3 Å². The highest BCUT2D eigenvalue weighted by Crippen LogP contribution is 2.11. The molecule has 0 aliphatic carbocycles. The van der Waals surface area contributed by atoms with Gasteiger partial charge in [-0.1, -0.05) is 6.07 Å². The molecule has 0 radical (unpaired) electrons. The highest BCUT2D eigenvalue weighted by atomic mass is 32.2. The molecule has 0 fully saturated rings. The van der Waals surface area contributed by atoms with Gasteiger partial charge in [0.15, 0.2) is 0 Å². The predicted octanol–water partition coefficient (Wildman–Crippen LogP) is 1.18. The summed E-state index contributed by atoms with van der Waals surface area (Å²) in [5, 5.41) is 8.53. The highest BCUT2D eigenvalue weighted by Gasteiger charge is 2.20. The van der Waals surface area contributed by atoms with E-state index in [0.29, 0.717) is 5.69 Å². The van der Waals surface area contributed by atoms with Crippen LogP contribution in [0.1, 0.15) is 19.5 Å². The van der Waals surface area contributed by atoms with Crippen molar-refractivity contribution in [3.8, 4) is 0 Å². The second kappa shape index (κ2) is 6.49. The molecule has 20 heavy (non-hydrogen) atoms. The van der Waals surface area contributed by atoms with Gasteiger partial charge in [0.05, 0.1) is 5.69 Å². The number of anilines is 1. The number of hydrogen-bond donors (Lipinski definition) is 2. The van der Waals surface area contributed by atoms with Crippen LogP contribution in [0.5, 0.6) is 0 Å². The normalized spacial score (nSPS) is 12.2. The van der Waals surface area contributed by atoms with Crippen LogP contribution in [-0.4, -0.2) is 41.9 Å². The van der Waals surface area contributed by atoms with Crippen molar-refractivity contribution >= 4 is 28.1 Å². The van der Waals surface area contributed by atoms with E-state index in [1.54, 1.807) is 26.0 Å². The van der Waals surface area contributed by atoms with Crippen molar-refractivity contribution in [2.24, 2.45) is 0 Å². The molecular formula is C12H17N3O4S. The van der Waals surface area contributed by atoms with Gasteiger partial charge >= 0.3 is 16.2 Å². The van der Waals surface area contributed by atoms with E-state index in [1.807, 2.05) is 0 Å². The van der Waals surface area contributed by atoms with Crippen molar-refractivity contribution in [1.29, 1.82) is 0 Å². The molecule has 0 atom stereocenters. The molecule has 0 spiro atoms. The number of carboxylic acid groups (broad SMARTS) is 1. The number of nitrogens with one attached hydrogen (secondary N) is 1. The molecule has 1 rings (SSSR count). The topological polar surface area (TPSA) is 99.6 Å². The first-order valence-electron chi connectivity index (χ1n) is 5.86. The lowest BCUT2D eigenvalue weighted by Gasteiger charge is -2.21. The quantitative estimate of drug-likeness (QED) is 0.768. The zero-order valence-corrected chi connectivity index (χ0v) is 12.3. The number of aromatic nitrogens is 1. The maximum Gasteiger partial charge on any atom is 0.328 e. The molecule has 0 aliphatic heterocycles. The van der Waals surface area contributed by atoms with Crippen molar-refractivity contribution in [3.05, 3.63) is 30.0 Å². The average Bonchev–Trinajstić information content (AvgIpc) is 2.35. The van der Waals surface area contributed by atoms with Gasteiger partial charge in [-0.15, -0.1) is 0 Å². The van der Waals surface area contributed by atoms with Crippen LogP contribution in [-0.2, 0) is 15.0 Å². The molecule has 1 heterocycles. The summed E-state index contributed by atoms with van der Waals surface area (Å²) in [5.41, 5.74) is 0.347. The highest BCUT2D eigenvalue weighted by molar-refractivity contribution is 7.90. The van der Waals surface area contributed by atoms with Gasteiger partial charge in [-0.05, 0) is 32.1 Å². The summed E-state index contributed by atoms with van der Waals surface area (Å²) in [7, 11) is -2.22. The zero-order valence-electron chi connectivity index (χ0n) is 11.4. The van der Waals surface area contributed by atoms with E-state index in [0.717, 1.165) is 6.08 Å². The first-order valence-corrected chi connectivity index (χ1v) is 7.30. The molecule has 0 amide bonds. The Morgan fingerprint density at radius 3 is 2.65 bits per heavy atom. The van der Waals surface area contributed by atoms with E-state index < -0.39 is 16.2 Å². The molecule has 0 unspecified atom stereocenters. The minimum absolute atomic E-state index is 0.130. The number of rotatable bonds is 6. The lowest BCUT2D eigenvalue weighted by Crippen LogP contribution is -2.37. The summed E-state index contributed by atoms with van der Waals surface area (Å²) < 4.78 is 27.5. The SMILES string of the molecule is CC(C)N(C)S(=O)(=O)Nc1cccc(C=CC(=O)O)n1. The Bertz CT molecular complexity index is 611. The molecular weight excluding hydrogens is 282 g/mol. The van der Waals surface area contributed by atoms with E-state index >= 15 is 0 Å². The van der Waals surface area contributed by atoms with E-state index in [9.17, 15) is 13.2 Å². The van der Waals surface area contributed by atoms with Gasteiger partial charge in [-0.25, -0.2) is 9.78 Å². The summed E-state index contributed by atoms with van der Waals surface area (Å²) >= 11 is 0. The maximum atomic E-state index is 12.0. The van der Waals surface area contributed by atoms with E-state index in [-0.39, 0.29) is 11.9 Å². The van der Waals surface area contributed by atoms with Gasteiger partial charge in [-0.2, -0.15) is 12.7 Å². The third-order valence-corrected chi connectivity index (χ3v) is 4.15. The standard InChI is InChI=1S/C12H17N3O4S/c1-9(2)15(3)20(18,19)14-11-6-4-5-10(13-11)7-8-12(16)17/h4-9H,1-3H3,(H,13,14)(H,16,17). The van der Waals surface area contributed by atoms with Crippen LogP contribution in [0.25, 0.3) is 6.08 Å². The fourth-order valence-electron chi connectivity index (χ4n) is 1.24. The Hall–Kier alpha value is -1.93. The summed E-state index contributed by atoms with van der Waals surface area (Å²) in [5.74, 6) is -0.970. The molecule has 0 saturated carbocycles. The monoisotopic (exact) mass is 299 g/mol. The van der Waals surface area contributed by atoms with Crippen LogP contribution in [0.15, 0.2) is 24.3 Å². The van der Waals surface area contributed by atoms with Crippen LogP contribution in [0, 0.1) is 0 Å². The molecule has 0 aliphatic rings. The number of pyridine rings is 1. The molecule has 0 aromatic carbocycles. The summed E-state index contributed by atoms with van der Waals surface area (Å²) in [4.78, 5) is 14.4. The van der Waals surface area contributed by atoms with Gasteiger partial charge < -0.3 is 5.11 Å². The Labute approximate surface area is 118 Å². The van der Waals surface area contributed by atoms with E-state index in [4.69, 9.17) is 5.11 Å². The summed E-state index contributed by atoms with van der Waals surface area (Å²) in [6.07, 6.45) is 2.22. The van der Waals surface area contributed by atoms with Crippen LogP contribution >= 0.6 is 0 Å². The second-order valence-corrected chi connectivity index (χ2v) is 6.07. The summed E-state index contributed by atoms with van der Waals surface area (Å²) in [6, 6.07) is 4.46. The smallest absolute Gasteiger partial charge is 0.328 e. The number of carboxylic acids is 1. The lowest BCUT2D eigenvalue weighted by atomic mass is 10.3. The number of aliphatic carboxylic acids is 1. The Morgan fingerprint density at radius 2 is 2.10 bits per heavy atom.